The van der Waals surface area contributed by atoms with Crippen LogP contribution >= 0.6 is 0 Å². The SMILES string of the molecule is CCc1[nH]nc(C(=O)NCCOC2CCCC2)c1N. The van der Waals surface area contributed by atoms with Crippen molar-refractivity contribution in [1.29, 1.82) is 0 Å². The van der Waals surface area contributed by atoms with E-state index in [2.05, 4.69) is 15.5 Å². The third-order valence-electron chi connectivity index (χ3n) is 3.49. The molecule has 0 spiro atoms. The van der Waals surface area contributed by atoms with Crippen LogP contribution in [0.25, 0.3) is 0 Å². The molecule has 1 heterocycles. The van der Waals surface area contributed by atoms with Crippen LogP contribution in [0.2, 0.25) is 0 Å². The molecule has 1 aromatic rings. The van der Waals surface area contributed by atoms with Gasteiger partial charge in [-0.2, -0.15) is 5.10 Å². The molecule has 2 rings (SSSR count). The maximum atomic E-state index is 11.9. The molecular formula is C13H22N4O2. The van der Waals surface area contributed by atoms with Crippen molar-refractivity contribution in [2.75, 3.05) is 18.9 Å². The summed E-state index contributed by atoms with van der Waals surface area (Å²) in [4.78, 5) is 11.9. The highest BCUT2D eigenvalue weighted by molar-refractivity contribution is 5.97. The fraction of sp³-hybridized carbons (Fsp3) is 0.692. The fourth-order valence-corrected chi connectivity index (χ4v) is 2.36. The molecule has 0 bridgehead atoms. The summed E-state index contributed by atoms with van der Waals surface area (Å²) in [6.07, 6.45) is 5.89. The Hall–Kier alpha value is -1.56. The van der Waals surface area contributed by atoms with Crippen molar-refractivity contribution in [2.45, 2.75) is 45.1 Å². The molecule has 0 unspecified atom stereocenters. The van der Waals surface area contributed by atoms with Gasteiger partial charge in [-0.3, -0.25) is 9.89 Å². The molecular weight excluding hydrogens is 244 g/mol. The van der Waals surface area contributed by atoms with E-state index in [0.29, 0.717) is 24.9 Å². The summed E-state index contributed by atoms with van der Waals surface area (Å²) in [5, 5.41) is 9.49. The molecule has 0 atom stereocenters. The first kappa shape index (κ1) is 13.9. The number of ether oxygens (including phenoxy) is 1. The Morgan fingerprint density at radius 3 is 2.89 bits per heavy atom. The zero-order valence-corrected chi connectivity index (χ0v) is 11.4. The number of nitrogen functional groups attached to an aromatic ring is 1. The van der Waals surface area contributed by atoms with Gasteiger partial charge in [0.1, 0.15) is 0 Å². The summed E-state index contributed by atoms with van der Waals surface area (Å²) < 4.78 is 5.67. The van der Waals surface area contributed by atoms with Crippen LogP contribution in [-0.2, 0) is 11.2 Å². The number of nitrogens with one attached hydrogen (secondary N) is 2. The zero-order chi connectivity index (χ0) is 13.7. The number of carbonyl (C=O) groups excluding carboxylic acids is 1. The lowest BCUT2D eigenvalue weighted by atomic mass is 10.2. The van der Waals surface area contributed by atoms with E-state index in [1.165, 1.54) is 12.8 Å². The third kappa shape index (κ3) is 3.47. The van der Waals surface area contributed by atoms with Crippen LogP contribution in [0.3, 0.4) is 0 Å². The van der Waals surface area contributed by atoms with Gasteiger partial charge in [0, 0.05) is 6.54 Å². The van der Waals surface area contributed by atoms with E-state index < -0.39 is 0 Å². The highest BCUT2D eigenvalue weighted by atomic mass is 16.5. The number of aromatic amines is 1. The average Bonchev–Trinajstić information content (AvgIpc) is 3.03. The summed E-state index contributed by atoms with van der Waals surface area (Å²) in [6.45, 7) is 2.99. The second-order valence-corrected chi connectivity index (χ2v) is 4.85. The molecule has 4 N–H and O–H groups in total. The number of aryl methyl sites for hydroxylation is 1. The van der Waals surface area contributed by atoms with Crippen molar-refractivity contribution in [3.8, 4) is 0 Å². The number of amides is 1. The minimum atomic E-state index is -0.247. The average molecular weight is 266 g/mol. The van der Waals surface area contributed by atoms with Crippen molar-refractivity contribution < 1.29 is 9.53 Å². The predicted molar refractivity (Wildman–Crippen MR) is 72.9 cm³/mol. The van der Waals surface area contributed by atoms with Gasteiger partial charge in [0.2, 0.25) is 0 Å². The van der Waals surface area contributed by atoms with Gasteiger partial charge in [0.15, 0.2) is 5.69 Å². The number of H-pyrrole nitrogens is 1. The minimum absolute atomic E-state index is 0.247. The molecule has 0 aromatic carbocycles. The van der Waals surface area contributed by atoms with Crippen LogP contribution < -0.4 is 11.1 Å². The lowest BCUT2D eigenvalue weighted by Gasteiger charge is -2.11. The summed E-state index contributed by atoms with van der Waals surface area (Å²) in [5.41, 5.74) is 7.35. The van der Waals surface area contributed by atoms with E-state index in [1.807, 2.05) is 6.92 Å². The number of hydrogen-bond donors (Lipinski definition) is 3. The van der Waals surface area contributed by atoms with Gasteiger partial charge >= 0.3 is 0 Å². The summed E-state index contributed by atoms with van der Waals surface area (Å²) in [5.74, 6) is -0.247. The maximum Gasteiger partial charge on any atom is 0.274 e. The van der Waals surface area contributed by atoms with Gasteiger partial charge in [-0.05, 0) is 19.3 Å². The van der Waals surface area contributed by atoms with E-state index in [4.69, 9.17) is 10.5 Å². The molecule has 1 amide bonds. The van der Waals surface area contributed by atoms with Gasteiger partial charge in [0.25, 0.3) is 5.91 Å². The lowest BCUT2D eigenvalue weighted by Crippen LogP contribution is -2.29. The van der Waals surface area contributed by atoms with Gasteiger partial charge in [0.05, 0.1) is 24.1 Å². The first-order chi connectivity index (χ1) is 9.22. The Morgan fingerprint density at radius 2 is 2.26 bits per heavy atom. The monoisotopic (exact) mass is 266 g/mol. The van der Waals surface area contributed by atoms with Crippen molar-refractivity contribution in [3.05, 3.63) is 11.4 Å². The van der Waals surface area contributed by atoms with E-state index in [1.54, 1.807) is 0 Å². The highest BCUT2D eigenvalue weighted by Crippen LogP contribution is 2.20. The fourth-order valence-electron chi connectivity index (χ4n) is 2.36. The van der Waals surface area contributed by atoms with Crippen LogP contribution in [0, 0.1) is 0 Å². The number of nitrogens with two attached hydrogens (primary N) is 1. The zero-order valence-electron chi connectivity index (χ0n) is 11.4. The van der Waals surface area contributed by atoms with Gasteiger partial charge < -0.3 is 15.8 Å². The van der Waals surface area contributed by atoms with Crippen molar-refractivity contribution in [1.82, 2.24) is 15.5 Å². The topological polar surface area (TPSA) is 93.0 Å². The number of anilines is 1. The van der Waals surface area contributed by atoms with Crippen LogP contribution in [0.1, 0.15) is 48.8 Å². The maximum absolute atomic E-state index is 11.9. The second-order valence-electron chi connectivity index (χ2n) is 4.85. The Bertz CT molecular complexity index is 424. The lowest BCUT2D eigenvalue weighted by molar-refractivity contribution is 0.0581. The van der Waals surface area contributed by atoms with Crippen LogP contribution in [-0.4, -0.2) is 35.4 Å². The molecule has 0 radical (unpaired) electrons. The summed E-state index contributed by atoms with van der Waals surface area (Å²) in [7, 11) is 0. The van der Waals surface area contributed by atoms with Gasteiger partial charge in [-0.25, -0.2) is 0 Å². The summed E-state index contributed by atoms with van der Waals surface area (Å²) in [6, 6.07) is 0. The quantitative estimate of drug-likeness (QED) is 0.675. The molecule has 0 aliphatic heterocycles. The molecule has 6 heteroatoms. The van der Waals surface area contributed by atoms with E-state index in [0.717, 1.165) is 25.0 Å². The number of aromatic nitrogens is 2. The van der Waals surface area contributed by atoms with Gasteiger partial charge in [-0.1, -0.05) is 19.8 Å². The standard InChI is InChI=1S/C13H22N4O2/c1-2-10-11(14)12(17-16-10)13(18)15-7-8-19-9-5-3-4-6-9/h9H,2-8,14H2,1H3,(H,15,18)(H,16,17). The van der Waals surface area contributed by atoms with E-state index >= 15 is 0 Å². The third-order valence-corrected chi connectivity index (χ3v) is 3.49. The molecule has 19 heavy (non-hydrogen) atoms. The Kier molecular flexibility index (Phi) is 4.79. The Labute approximate surface area is 113 Å². The summed E-state index contributed by atoms with van der Waals surface area (Å²) >= 11 is 0. The molecule has 0 saturated heterocycles. The smallest absolute Gasteiger partial charge is 0.274 e. The number of nitrogens with zero attached hydrogens (tertiary/aromatic N) is 1. The highest BCUT2D eigenvalue weighted by Gasteiger charge is 2.17. The Morgan fingerprint density at radius 1 is 1.53 bits per heavy atom. The minimum Gasteiger partial charge on any atom is -0.395 e. The van der Waals surface area contributed by atoms with E-state index in [9.17, 15) is 4.79 Å². The van der Waals surface area contributed by atoms with Crippen LogP contribution in [0.5, 0.6) is 0 Å². The van der Waals surface area contributed by atoms with Crippen molar-refractivity contribution in [3.63, 3.8) is 0 Å². The number of rotatable bonds is 6. The molecule has 1 aromatic heterocycles. The second kappa shape index (κ2) is 6.56. The Balaban J connectivity index is 1.72. The molecule has 1 fully saturated rings. The predicted octanol–water partition coefficient (Wildman–Crippen LogP) is 1.24. The van der Waals surface area contributed by atoms with Crippen molar-refractivity contribution >= 4 is 11.6 Å². The van der Waals surface area contributed by atoms with Crippen LogP contribution in [0.4, 0.5) is 5.69 Å². The normalized spacial score (nSPS) is 15.8. The van der Waals surface area contributed by atoms with Crippen molar-refractivity contribution in [2.24, 2.45) is 0 Å². The molecule has 1 aliphatic carbocycles. The molecule has 1 aliphatic rings. The number of carbonyl (C=O) groups is 1. The molecule has 1 saturated carbocycles. The largest absolute Gasteiger partial charge is 0.395 e. The molecule has 106 valence electrons. The first-order valence-electron chi connectivity index (χ1n) is 6.95. The number of hydrogen-bond acceptors (Lipinski definition) is 4. The molecule has 6 nitrogen and oxygen atoms in total. The van der Waals surface area contributed by atoms with Gasteiger partial charge in [-0.15, -0.1) is 0 Å². The van der Waals surface area contributed by atoms with E-state index in [-0.39, 0.29) is 11.6 Å². The first-order valence-corrected chi connectivity index (χ1v) is 6.95. The van der Waals surface area contributed by atoms with Crippen LogP contribution in [0.15, 0.2) is 0 Å².